The number of amides is 1. The van der Waals surface area contributed by atoms with E-state index in [1.807, 2.05) is 24.3 Å². The first-order valence-corrected chi connectivity index (χ1v) is 16.7. The van der Waals surface area contributed by atoms with Gasteiger partial charge in [0.1, 0.15) is 0 Å². The SMILES string of the molecule is CCCCCCCCSNC(=O)c1ccc(N2CCN(CC3=C(c4ccc(Cl)cc4)CCC(C)(C)C3)CC2)cc1. The van der Waals surface area contributed by atoms with Crippen LogP contribution in [-0.4, -0.2) is 49.3 Å². The fourth-order valence-electron chi connectivity index (χ4n) is 5.95. The number of carbonyl (C=O) groups is 1. The Hall–Kier alpha value is -1.95. The summed E-state index contributed by atoms with van der Waals surface area (Å²) in [7, 11) is 0. The van der Waals surface area contributed by atoms with E-state index in [1.165, 1.54) is 55.3 Å². The minimum Gasteiger partial charge on any atom is -0.369 e. The number of hydrogen-bond acceptors (Lipinski definition) is 4. The Labute approximate surface area is 252 Å². The Kier molecular flexibility index (Phi) is 11.9. The number of rotatable bonds is 13. The molecule has 1 N–H and O–H groups in total. The van der Waals surface area contributed by atoms with Crippen molar-refractivity contribution in [2.75, 3.05) is 43.4 Å². The maximum atomic E-state index is 12.6. The number of piperazine rings is 1. The molecule has 0 radical (unpaired) electrons. The zero-order valence-electron chi connectivity index (χ0n) is 24.8. The van der Waals surface area contributed by atoms with Crippen LogP contribution >= 0.6 is 23.5 Å². The van der Waals surface area contributed by atoms with Gasteiger partial charge in [0.15, 0.2) is 0 Å². The average molecular weight is 582 g/mol. The third-order valence-electron chi connectivity index (χ3n) is 8.41. The summed E-state index contributed by atoms with van der Waals surface area (Å²) in [6.07, 6.45) is 11.2. The third kappa shape index (κ3) is 9.29. The van der Waals surface area contributed by atoms with E-state index in [9.17, 15) is 4.79 Å². The Morgan fingerprint density at radius 2 is 1.60 bits per heavy atom. The molecule has 0 unspecified atom stereocenters. The normalized spacial score (nSPS) is 17.8. The molecule has 1 saturated heterocycles. The van der Waals surface area contributed by atoms with Gasteiger partial charge in [-0.1, -0.05) is 94.1 Å². The van der Waals surface area contributed by atoms with E-state index in [1.54, 1.807) is 17.5 Å². The van der Waals surface area contributed by atoms with Crippen LogP contribution in [-0.2, 0) is 0 Å². The average Bonchev–Trinajstić information content (AvgIpc) is 2.95. The van der Waals surface area contributed by atoms with Crippen molar-refractivity contribution < 1.29 is 4.79 Å². The minimum atomic E-state index is 0.00697. The van der Waals surface area contributed by atoms with Gasteiger partial charge < -0.3 is 4.90 Å². The molecule has 218 valence electrons. The van der Waals surface area contributed by atoms with Gasteiger partial charge in [0.25, 0.3) is 5.91 Å². The first kappa shape index (κ1) is 31.0. The molecule has 2 aromatic carbocycles. The molecule has 4 nitrogen and oxygen atoms in total. The highest BCUT2D eigenvalue weighted by Crippen LogP contribution is 2.42. The second-order valence-corrected chi connectivity index (χ2v) is 13.6. The lowest BCUT2D eigenvalue weighted by Crippen LogP contribution is -2.47. The van der Waals surface area contributed by atoms with Gasteiger partial charge >= 0.3 is 0 Å². The van der Waals surface area contributed by atoms with Gasteiger partial charge in [-0.15, -0.1) is 0 Å². The van der Waals surface area contributed by atoms with E-state index >= 15 is 0 Å². The lowest BCUT2D eigenvalue weighted by Gasteiger charge is -2.39. The number of hydrogen-bond donors (Lipinski definition) is 1. The molecule has 6 heteroatoms. The van der Waals surface area contributed by atoms with Crippen LogP contribution in [0.1, 0.15) is 94.5 Å². The van der Waals surface area contributed by atoms with Crippen LogP contribution in [0.3, 0.4) is 0 Å². The van der Waals surface area contributed by atoms with E-state index in [0.29, 0.717) is 5.41 Å². The summed E-state index contributed by atoms with van der Waals surface area (Å²) >= 11 is 7.71. The van der Waals surface area contributed by atoms with Crippen LogP contribution in [0, 0.1) is 5.41 Å². The van der Waals surface area contributed by atoms with E-state index < -0.39 is 0 Å². The quantitative estimate of drug-likeness (QED) is 0.189. The number of nitrogens with zero attached hydrogens (tertiary/aromatic N) is 2. The minimum absolute atomic E-state index is 0.00697. The summed E-state index contributed by atoms with van der Waals surface area (Å²) in [6.45, 7) is 12.2. The van der Waals surface area contributed by atoms with Crippen LogP contribution in [0.25, 0.3) is 5.57 Å². The fraction of sp³-hybridized carbons (Fsp3) is 0.559. The molecule has 1 amide bonds. The summed E-state index contributed by atoms with van der Waals surface area (Å²) in [6, 6.07) is 16.6. The van der Waals surface area contributed by atoms with E-state index in [0.717, 1.165) is 68.3 Å². The fourth-order valence-corrected chi connectivity index (χ4v) is 6.78. The van der Waals surface area contributed by atoms with Crippen LogP contribution in [0.4, 0.5) is 5.69 Å². The smallest absolute Gasteiger partial charge is 0.261 e. The third-order valence-corrected chi connectivity index (χ3v) is 9.48. The molecule has 0 bridgehead atoms. The highest BCUT2D eigenvalue weighted by Gasteiger charge is 2.29. The largest absolute Gasteiger partial charge is 0.369 e. The van der Waals surface area contributed by atoms with Gasteiger partial charge in [-0.05, 0) is 78.6 Å². The van der Waals surface area contributed by atoms with Gasteiger partial charge in [0, 0.05) is 54.8 Å². The van der Waals surface area contributed by atoms with Crippen molar-refractivity contribution in [2.24, 2.45) is 5.41 Å². The number of unbranched alkanes of at least 4 members (excludes halogenated alkanes) is 5. The van der Waals surface area contributed by atoms with Crippen molar-refractivity contribution in [3.63, 3.8) is 0 Å². The Bertz CT molecular complexity index is 1110. The molecule has 2 aliphatic rings. The number of carbonyl (C=O) groups excluding carboxylic acids is 1. The van der Waals surface area contributed by atoms with Crippen molar-refractivity contribution in [3.05, 3.63) is 70.3 Å². The summed E-state index contributed by atoms with van der Waals surface area (Å²) in [5, 5.41) is 0.800. The van der Waals surface area contributed by atoms with Crippen molar-refractivity contribution in [1.29, 1.82) is 0 Å². The molecule has 1 aliphatic heterocycles. The van der Waals surface area contributed by atoms with E-state index in [-0.39, 0.29) is 5.91 Å². The molecule has 0 saturated carbocycles. The van der Waals surface area contributed by atoms with Gasteiger partial charge in [0.2, 0.25) is 0 Å². The molecule has 1 aliphatic carbocycles. The Morgan fingerprint density at radius 3 is 2.30 bits per heavy atom. The Morgan fingerprint density at radius 1 is 0.925 bits per heavy atom. The second-order valence-electron chi connectivity index (χ2n) is 12.3. The van der Waals surface area contributed by atoms with Gasteiger partial charge in [-0.25, -0.2) is 0 Å². The topological polar surface area (TPSA) is 35.6 Å². The molecule has 40 heavy (non-hydrogen) atoms. The second kappa shape index (κ2) is 15.3. The predicted octanol–water partition coefficient (Wildman–Crippen LogP) is 8.86. The molecular weight excluding hydrogens is 534 g/mol. The zero-order valence-corrected chi connectivity index (χ0v) is 26.4. The maximum Gasteiger partial charge on any atom is 0.261 e. The molecule has 0 aromatic heterocycles. The molecule has 2 aromatic rings. The van der Waals surface area contributed by atoms with Gasteiger partial charge in [0.05, 0.1) is 0 Å². The standard InChI is InChI=1S/C34H48ClN3OS/c1-4-5-6-7-8-9-24-40-36-33(39)28-12-16-31(17-13-28)38-22-20-37(21-23-38)26-29-25-34(2,3)19-18-32(29)27-10-14-30(35)15-11-27/h10-17H,4-9,18-26H2,1-3H3,(H,36,39). The molecular formula is C34H48ClN3OS. The first-order valence-electron chi connectivity index (χ1n) is 15.3. The van der Waals surface area contributed by atoms with E-state index in [4.69, 9.17) is 11.6 Å². The van der Waals surface area contributed by atoms with Crippen molar-refractivity contribution >= 4 is 40.7 Å². The highest BCUT2D eigenvalue weighted by molar-refractivity contribution is 7.97. The number of anilines is 1. The molecule has 0 atom stereocenters. The van der Waals surface area contributed by atoms with Crippen LogP contribution in [0.5, 0.6) is 0 Å². The summed E-state index contributed by atoms with van der Waals surface area (Å²) in [4.78, 5) is 17.6. The number of halogens is 1. The number of benzene rings is 2. The Balaban J connectivity index is 1.25. The van der Waals surface area contributed by atoms with Crippen molar-refractivity contribution in [2.45, 2.75) is 78.6 Å². The molecule has 0 spiro atoms. The van der Waals surface area contributed by atoms with Crippen LogP contribution in [0.2, 0.25) is 5.02 Å². The first-order chi connectivity index (χ1) is 19.3. The molecule has 1 heterocycles. The van der Waals surface area contributed by atoms with Gasteiger partial charge in [-0.2, -0.15) is 0 Å². The lowest BCUT2D eigenvalue weighted by atomic mass is 9.73. The molecule has 4 rings (SSSR count). The number of nitrogens with one attached hydrogen (secondary N) is 1. The van der Waals surface area contributed by atoms with Crippen LogP contribution < -0.4 is 9.62 Å². The summed E-state index contributed by atoms with van der Waals surface area (Å²) in [5.74, 6) is 0.989. The summed E-state index contributed by atoms with van der Waals surface area (Å²) in [5.41, 5.74) is 6.75. The predicted molar refractivity (Wildman–Crippen MR) is 174 cm³/mol. The highest BCUT2D eigenvalue weighted by atomic mass is 35.5. The summed E-state index contributed by atoms with van der Waals surface area (Å²) < 4.78 is 3.01. The monoisotopic (exact) mass is 581 g/mol. The van der Waals surface area contributed by atoms with E-state index in [2.05, 4.69) is 59.6 Å². The zero-order chi connectivity index (χ0) is 28.4. The maximum absolute atomic E-state index is 12.6. The van der Waals surface area contributed by atoms with Crippen LogP contribution in [0.15, 0.2) is 54.1 Å². The van der Waals surface area contributed by atoms with Crippen molar-refractivity contribution in [3.8, 4) is 0 Å². The lowest BCUT2D eigenvalue weighted by molar-refractivity contribution is 0.0984. The van der Waals surface area contributed by atoms with Crippen molar-refractivity contribution in [1.82, 2.24) is 9.62 Å². The number of allylic oxidation sites excluding steroid dienone is 1. The molecule has 1 fully saturated rings. The van der Waals surface area contributed by atoms with Gasteiger partial charge in [-0.3, -0.25) is 14.4 Å².